The van der Waals surface area contributed by atoms with E-state index in [4.69, 9.17) is 0 Å². The van der Waals surface area contributed by atoms with Gasteiger partial charge in [-0.1, -0.05) is 13.8 Å². The Hall–Kier alpha value is -2.35. The molecule has 1 amide bonds. The number of hydrogen-bond donors (Lipinski definition) is 1. The van der Waals surface area contributed by atoms with E-state index < -0.39 is 22.3 Å². The van der Waals surface area contributed by atoms with Gasteiger partial charge in [-0.3, -0.25) is 20.2 Å². The first-order valence-corrected chi connectivity index (χ1v) is 6.91. The molecule has 1 aromatic carbocycles. The molecule has 110 valence electrons. The van der Waals surface area contributed by atoms with E-state index in [-0.39, 0.29) is 11.5 Å². The zero-order valence-corrected chi connectivity index (χ0v) is 12.1. The van der Waals surface area contributed by atoms with Crippen molar-refractivity contribution in [3.8, 4) is 0 Å². The molecule has 2 aromatic rings. The van der Waals surface area contributed by atoms with Crippen molar-refractivity contribution in [3.63, 3.8) is 0 Å². The van der Waals surface area contributed by atoms with Crippen molar-refractivity contribution >= 4 is 28.1 Å². The van der Waals surface area contributed by atoms with Crippen LogP contribution in [0.4, 0.5) is 15.2 Å². The number of nitrogens with zero attached hydrogens (tertiary/aromatic N) is 2. The average Bonchev–Trinajstić information content (AvgIpc) is 2.87. The van der Waals surface area contributed by atoms with Gasteiger partial charge in [-0.25, -0.2) is 9.37 Å². The van der Waals surface area contributed by atoms with Gasteiger partial charge in [0.2, 0.25) is 0 Å². The maximum atomic E-state index is 13.0. The SMILES string of the molecule is CC(C)c1cnc(NC(=O)c2ccc(F)cc2[N+](=O)[O-])s1. The number of carbonyl (C=O) groups excluding carboxylic acids is 1. The van der Waals surface area contributed by atoms with E-state index in [1.54, 1.807) is 6.20 Å². The maximum absolute atomic E-state index is 13.0. The molecule has 0 radical (unpaired) electrons. The number of nitro benzene ring substituents is 1. The lowest BCUT2D eigenvalue weighted by Gasteiger charge is -2.03. The molecule has 2 rings (SSSR count). The molecule has 0 saturated carbocycles. The van der Waals surface area contributed by atoms with Crippen LogP contribution in [0.2, 0.25) is 0 Å². The van der Waals surface area contributed by atoms with Gasteiger partial charge in [-0.2, -0.15) is 0 Å². The molecular formula is C13H12FN3O3S. The minimum absolute atomic E-state index is 0.206. The average molecular weight is 309 g/mol. The molecular weight excluding hydrogens is 297 g/mol. The van der Waals surface area contributed by atoms with Crippen LogP contribution < -0.4 is 5.32 Å². The van der Waals surface area contributed by atoms with E-state index >= 15 is 0 Å². The zero-order valence-electron chi connectivity index (χ0n) is 11.3. The van der Waals surface area contributed by atoms with Gasteiger partial charge >= 0.3 is 0 Å². The Morgan fingerprint density at radius 3 is 2.76 bits per heavy atom. The minimum Gasteiger partial charge on any atom is -0.298 e. The van der Waals surface area contributed by atoms with Crippen LogP contribution in [-0.2, 0) is 0 Å². The number of carbonyl (C=O) groups is 1. The third-order valence-electron chi connectivity index (χ3n) is 2.71. The Bertz CT molecular complexity index is 700. The van der Waals surface area contributed by atoms with E-state index in [9.17, 15) is 19.3 Å². The monoisotopic (exact) mass is 309 g/mol. The van der Waals surface area contributed by atoms with Crippen molar-refractivity contribution < 1.29 is 14.1 Å². The number of anilines is 1. The summed E-state index contributed by atoms with van der Waals surface area (Å²) < 4.78 is 13.0. The van der Waals surface area contributed by atoms with Crippen LogP contribution >= 0.6 is 11.3 Å². The third kappa shape index (κ3) is 3.40. The topological polar surface area (TPSA) is 85.1 Å². The number of rotatable bonds is 4. The summed E-state index contributed by atoms with van der Waals surface area (Å²) in [6, 6.07) is 2.80. The standard InChI is InChI=1S/C13H12FN3O3S/c1-7(2)11-6-15-13(21-11)16-12(18)9-4-3-8(14)5-10(9)17(19)20/h3-7H,1-2H3,(H,15,16,18). The third-order valence-corrected chi connectivity index (χ3v) is 3.93. The van der Waals surface area contributed by atoms with Crippen LogP contribution in [0, 0.1) is 15.9 Å². The Balaban J connectivity index is 2.26. The van der Waals surface area contributed by atoms with Gasteiger partial charge in [0.1, 0.15) is 11.4 Å². The van der Waals surface area contributed by atoms with Crippen LogP contribution in [0.25, 0.3) is 0 Å². The fourth-order valence-electron chi connectivity index (χ4n) is 1.62. The van der Waals surface area contributed by atoms with Crippen molar-refractivity contribution in [2.45, 2.75) is 19.8 Å². The molecule has 1 N–H and O–H groups in total. The summed E-state index contributed by atoms with van der Waals surface area (Å²) in [4.78, 5) is 27.2. The fraction of sp³-hybridized carbons (Fsp3) is 0.231. The van der Waals surface area contributed by atoms with E-state index in [0.717, 1.165) is 23.1 Å². The predicted octanol–water partition coefficient (Wildman–Crippen LogP) is 3.57. The first-order chi connectivity index (χ1) is 9.88. The smallest absolute Gasteiger partial charge is 0.285 e. The highest BCUT2D eigenvalue weighted by molar-refractivity contribution is 7.15. The van der Waals surface area contributed by atoms with E-state index in [1.807, 2.05) is 13.8 Å². The number of thiazole rings is 1. The Labute approximate surface area is 123 Å². The second-order valence-electron chi connectivity index (χ2n) is 4.60. The Morgan fingerprint density at radius 1 is 1.48 bits per heavy atom. The predicted molar refractivity (Wildman–Crippen MR) is 77.2 cm³/mol. The number of amides is 1. The number of benzene rings is 1. The van der Waals surface area contributed by atoms with Crippen molar-refractivity contribution in [1.82, 2.24) is 4.98 Å². The van der Waals surface area contributed by atoms with Gasteiger partial charge in [-0.15, -0.1) is 11.3 Å². The molecule has 0 saturated heterocycles. The molecule has 0 aliphatic carbocycles. The molecule has 21 heavy (non-hydrogen) atoms. The van der Waals surface area contributed by atoms with Crippen molar-refractivity contribution in [1.29, 1.82) is 0 Å². The molecule has 0 aliphatic rings. The van der Waals surface area contributed by atoms with E-state index in [1.165, 1.54) is 11.3 Å². The van der Waals surface area contributed by atoms with Gasteiger partial charge in [-0.05, 0) is 18.1 Å². The molecule has 0 bridgehead atoms. The van der Waals surface area contributed by atoms with Crippen LogP contribution in [0.1, 0.15) is 35.0 Å². The Morgan fingerprint density at radius 2 is 2.19 bits per heavy atom. The van der Waals surface area contributed by atoms with Crippen LogP contribution in [-0.4, -0.2) is 15.8 Å². The summed E-state index contributed by atoms with van der Waals surface area (Å²) in [5, 5.41) is 13.7. The van der Waals surface area contributed by atoms with Crippen LogP contribution in [0.3, 0.4) is 0 Å². The lowest BCUT2D eigenvalue weighted by Crippen LogP contribution is -2.13. The second-order valence-corrected chi connectivity index (χ2v) is 5.66. The second kappa shape index (κ2) is 5.96. The first kappa shape index (κ1) is 15.0. The molecule has 1 aromatic heterocycles. The summed E-state index contributed by atoms with van der Waals surface area (Å²) in [7, 11) is 0. The van der Waals surface area contributed by atoms with Gasteiger partial charge in [0.25, 0.3) is 11.6 Å². The van der Waals surface area contributed by atoms with Crippen LogP contribution in [0.5, 0.6) is 0 Å². The molecule has 0 spiro atoms. The maximum Gasteiger partial charge on any atom is 0.285 e. The molecule has 1 heterocycles. The lowest BCUT2D eigenvalue weighted by atomic mass is 10.1. The van der Waals surface area contributed by atoms with Gasteiger partial charge in [0.15, 0.2) is 5.13 Å². The van der Waals surface area contributed by atoms with E-state index in [0.29, 0.717) is 5.13 Å². The number of nitro groups is 1. The quantitative estimate of drug-likeness (QED) is 0.691. The lowest BCUT2D eigenvalue weighted by molar-refractivity contribution is -0.385. The molecule has 0 aliphatic heterocycles. The summed E-state index contributed by atoms with van der Waals surface area (Å²) in [5.41, 5.74) is -0.782. The fourth-order valence-corrected chi connectivity index (χ4v) is 2.44. The van der Waals surface area contributed by atoms with Crippen molar-refractivity contribution in [2.24, 2.45) is 0 Å². The molecule has 6 nitrogen and oxygen atoms in total. The summed E-state index contributed by atoms with van der Waals surface area (Å²) >= 11 is 1.29. The first-order valence-electron chi connectivity index (χ1n) is 6.09. The molecule has 0 atom stereocenters. The molecule has 0 unspecified atom stereocenters. The van der Waals surface area contributed by atoms with Crippen LogP contribution in [0.15, 0.2) is 24.4 Å². The molecule has 0 fully saturated rings. The van der Waals surface area contributed by atoms with Gasteiger partial charge < -0.3 is 0 Å². The minimum atomic E-state index is -0.792. The summed E-state index contributed by atoms with van der Waals surface area (Å²) in [6.45, 7) is 3.98. The van der Waals surface area contributed by atoms with Crippen molar-refractivity contribution in [3.05, 3.63) is 50.8 Å². The van der Waals surface area contributed by atoms with Crippen molar-refractivity contribution in [2.75, 3.05) is 5.32 Å². The van der Waals surface area contributed by atoms with Gasteiger partial charge in [0, 0.05) is 11.1 Å². The molecule has 8 heteroatoms. The normalized spacial score (nSPS) is 10.7. The number of nitrogens with one attached hydrogen (secondary N) is 1. The highest BCUT2D eigenvalue weighted by Gasteiger charge is 2.22. The summed E-state index contributed by atoms with van der Waals surface area (Å²) in [6.07, 6.45) is 1.64. The highest BCUT2D eigenvalue weighted by Crippen LogP contribution is 2.26. The zero-order chi connectivity index (χ0) is 15.6. The van der Waals surface area contributed by atoms with Gasteiger partial charge in [0.05, 0.1) is 11.0 Å². The Kier molecular flexibility index (Phi) is 4.27. The van der Waals surface area contributed by atoms with E-state index in [2.05, 4.69) is 10.3 Å². The highest BCUT2D eigenvalue weighted by atomic mass is 32.1. The number of halogens is 1. The number of aromatic nitrogens is 1. The largest absolute Gasteiger partial charge is 0.298 e. The summed E-state index contributed by atoms with van der Waals surface area (Å²) in [5.74, 6) is -1.19. The number of hydrogen-bond acceptors (Lipinski definition) is 5.